The highest BCUT2D eigenvalue weighted by molar-refractivity contribution is 5.81. The summed E-state index contributed by atoms with van der Waals surface area (Å²) in [7, 11) is 0. The molecule has 0 radical (unpaired) electrons. The molecule has 0 saturated carbocycles. The standard InChI is InChI=1S/C17H28N2O3/c1-11(10-15(20)16-6-5-9-22-16)18-17(21)14(4)19-12(2)7-8-13(19)3/h5-6,9,11-15,20H,7-8,10H2,1-4H3,(H,18,21). The van der Waals surface area contributed by atoms with Crippen LogP contribution in [0.5, 0.6) is 0 Å². The number of nitrogens with one attached hydrogen (secondary N) is 1. The Bertz CT molecular complexity index is 464. The highest BCUT2D eigenvalue weighted by Gasteiger charge is 2.34. The molecule has 0 aromatic carbocycles. The van der Waals surface area contributed by atoms with Gasteiger partial charge in [0.05, 0.1) is 12.3 Å². The van der Waals surface area contributed by atoms with Crippen molar-refractivity contribution in [2.75, 3.05) is 0 Å². The van der Waals surface area contributed by atoms with E-state index in [1.165, 1.54) is 0 Å². The number of hydrogen-bond donors (Lipinski definition) is 2. The lowest BCUT2D eigenvalue weighted by Gasteiger charge is -2.32. The van der Waals surface area contributed by atoms with Crippen LogP contribution in [0.2, 0.25) is 0 Å². The number of likely N-dealkylation sites (tertiary alicyclic amines) is 1. The second-order valence-electron chi connectivity index (χ2n) is 6.58. The van der Waals surface area contributed by atoms with Gasteiger partial charge in [0, 0.05) is 24.5 Å². The Morgan fingerprint density at radius 2 is 2.05 bits per heavy atom. The highest BCUT2D eigenvalue weighted by atomic mass is 16.4. The zero-order valence-electron chi connectivity index (χ0n) is 14.0. The predicted octanol–water partition coefficient (Wildman–Crippen LogP) is 2.47. The Hall–Kier alpha value is -1.33. The number of aliphatic hydroxyl groups excluding tert-OH is 1. The van der Waals surface area contributed by atoms with Gasteiger partial charge in [-0.2, -0.15) is 0 Å². The van der Waals surface area contributed by atoms with E-state index in [2.05, 4.69) is 24.1 Å². The van der Waals surface area contributed by atoms with Crippen molar-refractivity contribution in [1.82, 2.24) is 10.2 Å². The van der Waals surface area contributed by atoms with E-state index in [9.17, 15) is 9.90 Å². The van der Waals surface area contributed by atoms with Gasteiger partial charge in [-0.15, -0.1) is 0 Å². The van der Waals surface area contributed by atoms with Crippen molar-refractivity contribution in [3.05, 3.63) is 24.2 Å². The van der Waals surface area contributed by atoms with Crippen LogP contribution in [0, 0.1) is 0 Å². The van der Waals surface area contributed by atoms with Gasteiger partial charge in [0.25, 0.3) is 0 Å². The average molecular weight is 308 g/mol. The Morgan fingerprint density at radius 1 is 1.41 bits per heavy atom. The van der Waals surface area contributed by atoms with Crippen molar-refractivity contribution in [2.24, 2.45) is 0 Å². The highest BCUT2D eigenvalue weighted by Crippen LogP contribution is 2.26. The molecule has 0 bridgehead atoms. The van der Waals surface area contributed by atoms with E-state index >= 15 is 0 Å². The number of hydrogen-bond acceptors (Lipinski definition) is 4. The van der Waals surface area contributed by atoms with Gasteiger partial charge < -0.3 is 14.8 Å². The molecule has 5 nitrogen and oxygen atoms in total. The summed E-state index contributed by atoms with van der Waals surface area (Å²) in [6.07, 6.45) is 3.58. The normalized spacial score (nSPS) is 26.6. The van der Waals surface area contributed by atoms with Gasteiger partial charge in [0.2, 0.25) is 5.91 Å². The summed E-state index contributed by atoms with van der Waals surface area (Å²) < 4.78 is 5.19. The second-order valence-corrected chi connectivity index (χ2v) is 6.58. The molecule has 2 N–H and O–H groups in total. The zero-order chi connectivity index (χ0) is 16.3. The molecule has 2 heterocycles. The summed E-state index contributed by atoms with van der Waals surface area (Å²) in [4.78, 5) is 14.7. The van der Waals surface area contributed by atoms with Gasteiger partial charge in [-0.05, 0) is 52.7 Å². The smallest absolute Gasteiger partial charge is 0.237 e. The molecule has 2 rings (SSSR count). The number of carbonyl (C=O) groups is 1. The molecule has 0 aliphatic carbocycles. The maximum absolute atomic E-state index is 12.4. The van der Waals surface area contributed by atoms with E-state index in [1.54, 1.807) is 18.4 Å². The number of furan rings is 1. The fraction of sp³-hybridized carbons (Fsp3) is 0.706. The SMILES string of the molecule is CC(CC(O)c1ccco1)NC(=O)C(C)N1C(C)CCC1C. The largest absolute Gasteiger partial charge is 0.467 e. The minimum absolute atomic E-state index is 0.0275. The third-order valence-electron chi connectivity index (χ3n) is 4.68. The third-order valence-corrected chi connectivity index (χ3v) is 4.68. The van der Waals surface area contributed by atoms with Crippen molar-refractivity contribution in [1.29, 1.82) is 0 Å². The molecular weight excluding hydrogens is 280 g/mol. The molecule has 22 heavy (non-hydrogen) atoms. The topological polar surface area (TPSA) is 65.7 Å². The maximum Gasteiger partial charge on any atom is 0.237 e. The van der Waals surface area contributed by atoms with Crippen molar-refractivity contribution in [2.45, 2.75) is 77.2 Å². The Morgan fingerprint density at radius 3 is 2.59 bits per heavy atom. The minimum Gasteiger partial charge on any atom is -0.467 e. The van der Waals surface area contributed by atoms with Crippen LogP contribution >= 0.6 is 0 Å². The van der Waals surface area contributed by atoms with E-state index in [1.807, 2.05) is 13.8 Å². The van der Waals surface area contributed by atoms with Gasteiger partial charge in [0.15, 0.2) is 0 Å². The van der Waals surface area contributed by atoms with Gasteiger partial charge in [0.1, 0.15) is 11.9 Å². The van der Waals surface area contributed by atoms with Crippen LogP contribution < -0.4 is 5.32 Å². The zero-order valence-corrected chi connectivity index (χ0v) is 14.0. The molecule has 1 aliphatic rings. The molecule has 124 valence electrons. The molecular formula is C17H28N2O3. The van der Waals surface area contributed by atoms with Crippen molar-refractivity contribution < 1.29 is 14.3 Å². The van der Waals surface area contributed by atoms with Crippen LogP contribution in [0.25, 0.3) is 0 Å². The summed E-state index contributed by atoms with van der Waals surface area (Å²) >= 11 is 0. The number of carbonyl (C=O) groups excluding carboxylic acids is 1. The molecule has 1 aromatic rings. The van der Waals surface area contributed by atoms with Crippen molar-refractivity contribution >= 4 is 5.91 Å². The lowest BCUT2D eigenvalue weighted by Crippen LogP contribution is -2.51. The van der Waals surface area contributed by atoms with Gasteiger partial charge >= 0.3 is 0 Å². The quantitative estimate of drug-likeness (QED) is 0.847. The molecule has 1 saturated heterocycles. The fourth-order valence-corrected chi connectivity index (χ4v) is 3.47. The van der Waals surface area contributed by atoms with E-state index in [4.69, 9.17) is 4.42 Å². The van der Waals surface area contributed by atoms with E-state index in [0.717, 1.165) is 12.8 Å². The first kappa shape index (κ1) is 17.0. The summed E-state index contributed by atoms with van der Waals surface area (Å²) in [6.45, 7) is 8.23. The Balaban J connectivity index is 1.85. The lowest BCUT2D eigenvalue weighted by molar-refractivity contribution is -0.127. The summed E-state index contributed by atoms with van der Waals surface area (Å²) in [6, 6.07) is 4.13. The van der Waals surface area contributed by atoms with Crippen molar-refractivity contribution in [3.63, 3.8) is 0 Å². The van der Waals surface area contributed by atoms with E-state index < -0.39 is 6.10 Å². The second kappa shape index (κ2) is 7.29. The molecule has 1 fully saturated rings. The first-order valence-electron chi connectivity index (χ1n) is 8.19. The van der Waals surface area contributed by atoms with Crippen LogP contribution in [0.15, 0.2) is 22.8 Å². The molecule has 5 heteroatoms. The van der Waals surface area contributed by atoms with Crippen LogP contribution in [0.1, 0.15) is 58.8 Å². The fourth-order valence-electron chi connectivity index (χ4n) is 3.47. The minimum atomic E-state index is -0.690. The monoisotopic (exact) mass is 308 g/mol. The van der Waals surface area contributed by atoms with Gasteiger partial charge in [-0.1, -0.05) is 0 Å². The van der Waals surface area contributed by atoms with Gasteiger partial charge in [-0.3, -0.25) is 9.69 Å². The Kier molecular flexibility index (Phi) is 5.64. The Labute approximate surface area is 132 Å². The molecule has 5 atom stereocenters. The number of nitrogens with zero attached hydrogens (tertiary/aromatic N) is 1. The van der Waals surface area contributed by atoms with Crippen molar-refractivity contribution in [3.8, 4) is 0 Å². The van der Waals surface area contributed by atoms with Crippen LogP contribution in [0.4, 0.5) is 0 Å². The first-order valence-corrected chi connectivity index (χ1v) is 8.19. The van der Waals surface area contributed by atoms with Crippen LogP contribution in [0.3, 0.4) is 0 Å². The summed E-state index contributed by atoms with van der Waals surface area (Å²) in [5, 5.41) is 13.1. The molecule has 5 unspecified atom stereocenters. The molecule has 1 amide bonds. The predicted molar refractivity (Wildman–Crippen MR) is 85.3 cm³/mol. The van der Waals surface area contributed by atoms with E-state index in [0.29, 0.717) is 24.3 Å². The number of rotatable bonds is 6. The van der Waals surface area contributed by atoms with Crippen LogP contribution in [-0.2, 0) is 4.79 Å². The van der Waals surface area contributed by atoms with E-state index in [-0.39, 0.29) is 18.0 Å². The molecule has 0 spiro atoms. The maximum atomic E-state index is 12.4. The van der Waals surface area contributed by atoms with Crippen LogP contribution in [-0.4, -0.2) is 40.1 Å². The number of amides is 1. The average Bonchev–Trinajstić information content (AvgIpc) is 3.08. The van der Waals surface area contributed by atoms with Gasteiger partial charge in [-0.25, -0.2) is 0 Å². The lowest BCUT2D eigenvalue weighted by atomic mass is 10.1. The molecule has 1 aliphatic heterocycles. The molecule has 1 aromatic heterocycles. The summed E-state index contributed by atoms with van der Waals surface area (Å²) in [5.74, 6) is 0.565. The third kappa shape index (κ3) is 3.90. The first-order chi connectivity index (χ1) is 10.4. The summed E-state index contributed by atoms with van der Waals surface area (Å²) in [5.41, 5.74) is 0. The number of aliphatic hydroxyl groups is 1.